The van der Waals surface area contributed by atoms with E-state index in [1.54, 1.807) is 6.07 Å². The number of hydrogen-bond acceptors (Lipinski definition) is 4. The van der Waals surface area contributed by atoms with Crippen molar-refractivity contribution in [3.05, 3.63) is 47.5 Å². The first-order valence-electron chi connectivity index (χ1n) is 8.71. The van der Waals surface area contributed by atoms with Crippen molar-refractivity contribution in [1.82, 2.24) is 19.7 Å². The monoisotopic (exact) mass is 349 g/mol. The molecule has 0 saturated heterocycles. The van der Waals surface area contributed by atoms with Gasteiger partial charge in [-0.3, -0.25) is 9.48 Å². The molecule has 0 aliphatic carbocycles. The Bertz CT molecular complexity index is 964. The van der Waals surface area contributed by atoms with Crippen LogP contribution in [0.5, 0.6) is 0 Å². The number of carbonyl (C=O) groups excluding carboxylic acids is 1. The van der Waals surface area contributed by atoms with Crippen LogP contribution >= 0.6 is 0 Å². The number of nitrogens with zero attached hydrogens (tertiary/aromatic N) is 4. The number of para-hydroxylation sites is 2. The zero-order valence-corrected chi connectivity index (χ0v) is 15.7. The van der Waals surface area contributed by atoms with E-state index >= 15 is 0 Å². The van der Waals surface area contributed by atoms with Gasteiger partial charge < -0.3 is 4.98 Å². The van der Waals surface area contributed by atoms with E-state index in [0.29, 0.717) is 11.5 Å². The van der Waals surface area contributed by atoms with Gasteiger partial charge in [-0.25, -0.2) is 4.98 Å². The van der Waals surface area contributed by atoms with E-state index in [1.807, 2.05) is 49.7 Å². The molecule has 0 saturated carbocycles. The predicted molar refractivity (Wildman–Crippen MR) is 100 cm³/mol. The highest BCUT2D eigenvalue weighted by molar-refractivity contribution is 6.01. The van der Waals surface area contributed by atoms with Crippen molar-refractivity contribution in [3.8, 4) is 6.07 Å². The summed E-state index contributed by atoms with van der Waals surface area (Å²) in [6, 6.07) is 11.3. The molecular formula is C20H23N5O. The summed E-state index contributed by atoms with van der Waals surface area (Å²) in [5.74, 6) is -0.771. The summed E-state index contributed by atoms with van der Waals surface area (Å²) in [4.78, 5) is 20.5. The lowest BCUT2D eigenvalue weighted by Gasteiger charge is -2.23. The molecular weight excluding hydrogens is 326 g/mol. The molecule has 0 aliphatic rings. The fourth-order valence-corrected chi connectivity index (χ4v) is 2.97. The first-order valence-corrected chi connectivity index (χ1v) is 8.71. The van der Waals surface area contributed by atoms with Gasteiger partial charge >= 0.3 is 0 Å². The Morgan fingerprint density at radius 2 is 1.96 bits per heavy atom. The van der Waals surface area contributed by atoms with Crippen molar-refractivity contribution in [2.24, 2.45) is 0 Å². The summed E-state index contributed by atoms with van der Waals surface area (Å²) in [5, 5.41) is 14.1. The third-order valence-electron chi connectivity index (χ3n) is 4.29. The van der Waals surface area contributed by atoms with Gasteiger partial charge in [0.05, 0.1) is 22.6 Å². The van der Waals surface area contributed by atoms with Gasteiger partial charge in [0, 0.05) is 5.69 Å². The lowest BCUT2D eigenvalue weighted by atomic mass is 10.0. The number of ketones is 1. The van der Waals surface area contributed by atoms with Gasteiger partial charge in [-0.05, 0) is 44.9 Å². The molecule has 1 N–H and O–H groups in total. The fraction of sp³-hybridized carbons (Fsp3) is 0.400. The minimum absolute atomic E-state index is 0.218. The quantitative estimate of drug-likeness (QED) is 0.717. The van der Waals surface area contributed by atoms with E-state index in [0.717, 1.165) is 16.7 Å². The van der Waals surface area contributed by atoms with E-state index in [2.05, 4.69) is 35.0 Å². The number of imidazole rings is 1. The standard InChI is InChI=1S/C20H23N5O/c1-12(2)17-10-16(24-25(17)20(3,4)5)18(26)13(11-21)19-22-14-8-6-7-9-15(14)23-19/h6-10,12-13H,1-5H3,(H,22,23)/t13-/m0/s1. The summed E-state index contributed by atoms with van der Waals surface area (Å²) in [5.41, 5.74) is 2.56. The van der Waals surface area contributed by atoms with E-state index in [1.165, 1.54) is 0 Å². The summed E-state index contributed by atoms with van der Waals surface area (Å²) in [6.07, 6.45) is 0. The SMILES string of the molecule is CC(C)c1cc(C(=O)[C@H](C#N)c2nc3ccccc3[nH]2)nn1C(C)(C)C. The molecule has 0 aliphatic heterocycles. The fourth-order valence-electron chi connectivity index (χ4n) is 2.97. The highest BCUT2D eigenvalue weighted by Crippen LogP contribution is 2.26. The maximum atomic E-state index is 13.0. The van der Waals surface area contributed by atoms with Crippen LogP contribution in [0.4, 0.5) is 0 Å². The number of fused-ring (bicyclic) bond motifs is 1. The molecule has 26 heavy (non-hydrogen) atoms. The summed E-state index contributed by atoms with van der Waals surface area (Å²) < 4.78 is 1.87. The first kappa shape index (κ1) is 17.9. The van der Waals surface area contributed by atoms with Crippen molar-refractivity contribution in [2.45, 2.75) is 52.0 Å². The normalized spacial score (nSPS) is 13.1. The van der Waals surface area contributed by atoms with Crippen LogP contribution < -0.4 is 0 Å². The molecule has 0 spiro atoms. The molecule has 3 aromatic rings. The smallest absolute Gasteiger partial charge is 0.207 e. The van der Waals surface area contributed by atoms with Crippen molar-refractivity contribution in [3.63, 3.8) is 0 Å². The summed E-state index contributed by atoms with van der Waals surface area (Å²) in [7, 11) is 0. The maximum Gasteiger partial charge on any atom is 0.207 e. The molecule has 1 atom stereocenters. The van der Waals surface area contributed by atoms with Crippen LogP contribution in [0.2, 0.25) is 0 Å². The number of aromatic nitrogens is 4. The molecule has 0 radical (unpaired) electrons. The number of H-pyrrole nitrogens is 1. The Balaban J connectivity index is 2.03. The highest BCUT2D eigenvalue weighted by atomic mass is 16.1. The topological polar surface area (TPSA) is 87.4 Å². The van der Waals surface area contributed by atoms with Crippen LogP contribution in [-0.4, -0.2) is 25.5 Å². The molecule has 2 aromatic heterocycles. The largest absolute Gasteiger partial charge is 0.340 e. The maximum absolute atomic E-state index is 13.0. The second-order valence-electron chi connectivity index (χ2n) is 7.76. The van der Waals surface area contributed by atoms with Crippen LogP contribution in [-0.2, 0) is 5.54 Å². The molecule has 134 valence electrons. The Labute approximate surface area is 152 Å². The molecule has 0 fully saturated rings. The van der Waals surface area contributed by atoms with Gasteiger partial charge in [0.1, 0.15) is 11.5 Å². The van der Waals surface area contributed by atoms with E-state index in [9.17, 15) is 10.1 Å². The summed E-state index contributed by atoms with van der Waals surface area (Å²) in [6.45, 7) is 10.3. The molecule has 0 amide bonds. The Morgan fingerprint density at radius 1 is 1.27 bits per heavy atom. The molecule has 6 heteroatoms. The average Bonchev–Trinajstić information content (AvgIpc) is 3.19. The predicted octanol–water partition coefficient (Wildman–Crippen LogP) is 4.13. The van der Waals surface area contributed by atoms with Crippen molar-refractivity contribution in [1.29, 1.82) is 5.26 Å². The first-order chi connectivity index (χ1) is 12.2. The Kier molecular flexibility index (Phi) is 4.41. The number of nitriles is 1. The van der Waals surface area contributed by atoms with Crippen LogP contribution in [0.1, 0.15) is 68.5 Å². The van der Waals surface area contributed by atoms with Gasteiger partial charge in [-0.2, -0.15) is 10.4 Å². The molecule has 2 heterocycles. The van der Waals surface area contributed by atoms with Gasteiger partial charge in [0.15, 0.2) is 5.92 Å². The minimum Gasteiger partial charge on any atom is -0.340 e. The van der Waals surface area contributed by atoms with E-state index in [-0.39, 0.29) is 17.2 Å². The zero-order valence-electron chi connectivity index (χ0n) is 15.7. The third kappa shape index (κ3) is 3.13. The van der Waals surface area contributed by atoms with E-state index < -0.39 is 5.92 Å². The Hall–Kier alpha value is -2.94. The Morgan fingerprint density at radius 3 is 2.50 bits per heavy atom. The number of benzene rings is 1. The number of hydrogen-bond donors (Lipinski definition) is 1. The molecule has 1 aromatic carbocycles. The van der Waals surface area contributed by atoms with Gasteiger partial charge in [-0.1, -0.05) is 26.0 Å². The van der Waals surface area contributed by atoms with Crippen molar-refractivity contribution in [2.75, 3.05) is 0 Å². The minimum atomic E-state index is -1.01. The van der Waals surface area contributed by atoms with Crippen LogP contribution in [0.3, 0.4) is 0 Å². The highest BCUT2D eigenvalue weighted by Gasteiger charge is 2.30. The second kappa shape index (κ2) is 6.41. The number of aromatic amines is 1. The number of Topliss-reactive ketones (excluding diaryl/α,β-unsaturated/α-hetero) is 1. The number of rotatable bonds is 4. The van der Waals surface area contributed by atoms with Crippen LogP contribution in [0.15, 0.2) is 30.3 Å². The number of nitrogens with one attached hydrogen (secondary N) is 1. The molecule has 0 unspecified atom stereocenters. The van der Waals surface area contributed by atoms with Crippen molar-refractivity contribution < 1.29 is 4.79 Å². The lowest BCUT2D eigenvalue weighted by Crippen LogP contribution is -2.26. The van der Waals surface area contributed by atoms with Crippen LogP contribution in [0, 0.1) is 11.3 Å². The molecule has 3 rings (SSSR count). The van der Waals surface area contributed by atoms with Gasteiger partial charge in [0.2, 0.25) is 5.78 Å². The average molecular weight is 349 g/mol. The zero-order chi connectivity index (χ0) is 19.1. The third-order valence-corrected chi connectivity index (χ3v) is 4.29. The summed E-state index contributed by atoms with van der Waals surface area (Å²) >= 11 is 0. The lowest BCUT2D eigenvalue weighted by molar-refractivity contribution is 0.0970. The molecule has 0 bridgehead atoms. The van der Waals surface area contributed by atoms with Gasteiger partial charge in [0.25, 0.3) is 0 Å². The van der Waals surface area contributed by atoms with Gasteiger partial charge in [-0.15, -0.1) is 0 Å². The second-order valence-corrected chi connectivity index (χ2v) is 7.76. The molecule has 6 nitrogen and oxygen atoms in total. The van der Waals surface area contributed by atoms with Crippen LogP contribution in [0.25, 0.3) is 11.0 Å². The number of carbonyl (C=O) groups is 1. The van der Waals surface area contributed by atoms with E-state index in [4.69, 9.17) is 0 Å². The van der Waals surface area contributed by atoms with Crippen molar-refractivity contribution >= 4 is 16.8 Å².